The van der Waals surface area contributed by atoms with Crippen LogP contribution in [-0.2, 0) is 12.0 Å². The number of hydrogen-bond acceptors (Lipinski definition) is 4. The molecule has 0 aliphatic rings. The molecule has 19 heavy (non-hydrogen) atoms. The van der Waals surface area contributed by atoms with E-state index in [1.165, 1.54) is 0 Å². The van der Waals surface area contributed by atoms with Gasteiger partial charge in [0, 0.05) is 16.5 Å². The lowest BCUT2D eigenvalue weighted by Gasteiger charge is -2.13. The smallest absolute Gasteiger partial charge is 0.131 e. The van der Waals surface area contributed by atoms with Crippen LogP contribution in [0, 0.1) is 6.92 Å². The molecular weight excluding hydrogens is 256 g/mol. The molecule has 2 N–H and O–H groups in total. The molecule has 1 heterocycles. The van der Waals surface area contributed by atoms with E-state index in [1.54, 1.807) is 11.3 Å². The molecule has 1 aromatic heterocycles. The highest BCUT2D eigenvalue weighted by molar-refractivity contribution is 7.09. The van der Waals surface area contributed by atoms with Gasteiger partial charge >= 0.3 is 0 Å². The highest BCUT2D eigenvalue weighted by Gasteiger charge is 2.18. The van der Waals surface area contributed by atoms with Crippen LogP contribution in [0.15, 0.2) is 23.6 Å². The van der Waals surface area contributed by atoms with Gasteiger partial charge in [0.1, 0.15) is 12.4 Å². The highest BCUT2D eigenvalue weighted by atomic mass is 32.1. The number of benzene rings is 1. The van der Waals surface area contributed by atoms with Gasteiger partial charge in [0.15, 0.2) is 0 Å². The lowest BCUT2D eigenvalue weighted by atomic mass is 9.98. The summed E-state index contributed by atoms with van der Waals surface area (Å²) in [5, 5.41) is 3.20. The van der Waals surface area contributed by atoms with Crippen LogP contribution in [-0.4, -0.2) is 4.98 Å². The van der Waals surface area contributed by atoms with Crippen molar-refractivity contribution in [1.82, 2.24) is 4.98 Å². The number of nitrogen functional groups attached to an aromatic ring is 1. The summed E-state index contributed by atoms with van der Waals surface area (Å²) in [5.41, 5.74) is 8.60. The van der Waals surface area contributed by atoms with E-state index in [1.807, 2.05) is 25.1 Å². The van der Waals surface area contributed by atoms with Crippen LogP contribution >= 0.6 is 11.3 Å². The number of nitrogens with two attached hydrogens (primary N) is 1. The predicted molar refractivity (Wildman–Crippen MR) is 80.7 cm³/mol. The molecule has 0 spiro atoms. The standard InChI is InChI=1S/C15H20N2OS/c1-10-7-11(16)5-6-13(10)18-8-12-9-19-14(17-12)15(2,3)4/h5-7,9H,8,16H2,1-4H3. The Kier molecular flexibility index (Phi) is 3.80. The third kappa shape index (κ3) is 3.47. The van der Waals surface area contributed by atoms with E-state index in [9.17, 15) is 0 Å². The minimum atomic E-state index is 0.0973. The monoisotopic (exact) mass is 276 g/mol. The summed E-state index contributed by atoms with van der Waals surface area (Å²) in [7, 11) is 0. The fourth-order valence-corrected chi connectivity index (χ4v) is 2.60. The van der Waals surface area contributed by atoms with Crippen LogP contribution < -0.4 is 10.5 Å². The van der Waals surface area contributed by atoms with Crippen LogP contribution in [0.5, 0.6) is 5.75 Å². The Hall–Kier alpha value is -1.55. The van der Waals surface area contributed by atoms with Gasteiger partial charge in [-0.15, -0.1) is 11.3 Å². The maximum atomic E-state index is 5.79. The third-order valence-corrected chi connectivity index (χ3v) is 4.08. The number of anilines is 1. The number of aromatic nitrogens is 1. The SMILES string of the molecule is Cc1cc(N)ccc1OCc1csc(C(C)(C)C)n1. The van der Waals surface area contributed by atoms with Crippen molar-refractivity contribution < 1.29 is 4.74 Å². The second-order valence-corrected chi connectivity index (χ2v) is 6.57. The number of thiazole rings is 1. The van der Waals surface area contributed by atoms with Gasteiger partial charge < -0.3 is 10.5 Å². The number of aryl methyl sites for hydroxylation is 1. The number of ether oxygens (including phenoxy) is 1. The van der Waals surface area contributed by atoms with Gasteiger partial charge in [0.2, 0.25) is 0 Å². The first kappa shape index (κ1) is 13.9. The fraction of sp³-hybridized carbons (Fsp3) is 0.400. The average molecular weight is 276 g/mol. The van der Waals surface area contributed by atoms with Crippen LogP contribution in [0.3, 0.4) is 0 Å². The van der Waals surface area contributed by atoms with Gasteiger partial charge in [-0.05, 0) is 30.7 Å². The van der Waals surface area contributed by atoms with Crippen LogP contribution in [0.1, 0.15) is 37.0 Å². The summed E-state index contributed by atoms with van der Waals surface area (Å²) in [5.74, 6) is 0.861. The lowest BCUT2D eigenvalue weighted by molar-refractivity contribution is 0.299. The van der Waals surface area contributed by atoms with Crippen molar-refractivity contribution >= 4 is 17.0 Å². The molecule has 3 nitrogen and oxygen atoms in total. The van der Waals surface area contributed by atoms with Gasteiger partial charge in [-0.25, -0.2) is 4.98 Å². The van der Waals surface area contributed by atoms with Gasteiger partial charge in [-0.2, -0.15) is 0 Å². The van der Waals surface area contributed by atoms with Crippen LogP contribution in [0.2, 0.25) is 0 Å². The van der Waals surface area contributed by atoms with Crippen LogP contribution in [0.25, 0.3) is 0 Å². The quantitative estimate of drug-likeness (QED) is 0.865. The van der Waals surface area contributed by atoms with E-state index in [-0.39, 0.29) is 5.41 Å². The summed E-state index contributed by atoms with van der Waals surface area (Å²) in [6.07, 6.45) is 0. The molecule has 0 bridgehead atoms. The van der Waals surface area contributed by atoms with Crippen molar-refractivity contribution in [3.8, 4) is 5.75 Å². The zero-order valence-corrected chi connectivity index (χ0v) is 12.7. The Labute approximate surface area is 118 Å². The zero-order valence-electron chi connectivity index (χ0n) is 11.9. The van der Waals surface area contributed by atoms with Crippen molar-refractivity contribution in [3.05, 3.63) is 39.8 Å². The Morgan fingerprint density at radius 1 is 1.32 bits per heavy atom. The molecule has 2 rings (SSSR count). The summed E-state index contributed by atoms with van der Waals surface area (Å²) in [6, 6.07) is 5.67. The average Bonchev–Trinajstić information content (AvgIpc) is 2.76. The van der Waals surface area contributed by atoms with Crippen LogP contribution in [0.4, 0.5) is 5.69 Å². The molecule has 0 aliphatic heterocycles. The summed E-state index contributed by atoms with van der Waals surface area (Å²) in [4.78, 5) is 4.61. The molecule has 0 fully saturated rings. The largest absolute Gasteiger partial charge is 0.487 e. The molecule has 0 amide bonds. The molecule has 0 atom stereocenters. The molecule has 0 unspecified atom stereocenters. The number of rotatable bonds is 3. The Morgan fingerprint density at radius 3 is 2.63 bits per heavy atom. The van der Waals surface area contributed by atoms with Crippen molar-refractivity contribution in [1.29, 1.82) is 0 Å². The highest BCUT2D eigenvalue weighted by Crippen LogP contribution is 2.26. The van der Waals surface area contributed by atoms with E-state index in [2.05, 4.69) is 31.1 Å². The minimum Gasteiger partial charge on any atom is -0.487 e. The Morgan fingerprint density at radius 2 is 2.05 bits per heavy atom. The molecular formula is C15H20N2OS. The summed E-state index contributed by atoms with van der Waals surface area (Å²) < 4.78 is 5.79. The summed E-state index contributed by atoms with van der Waals surface area (Å²) in [6.45, 7) is 8.99. The molecule has 0 saturated carbocycles. The number of nitrogens with zero attached hydrogens (tertiary/aromatic N) is 1. The molecule has 102 valence electrons. The number of hydrogen-bond donors (Lipinski definition) is 1. The Bertz CT molecular complexity index is 570. The van der Waals surface area contributed by atoms with Gasteiger partial charge in [-0.1, -0.05) is 20.8 Å². The van der Waals surface area contributed by atoms with E-state index in [0.29, 0.717) is 6.61 Å². The van der Waals surface area contributed by atoms with Crippen molar-refractivity contribution in [2.75, 3.05) is 5.73 Å². The van der Waals surface area contributed by atoms with Gasteiger partial charge in [0.25, 0.3) is 0 Å². The maximum absolute atomic E-state index is 5.79. The molecule has 0 radical (unpaired) electrons. The third-order valence-electron chi connectivity index (χ3n) is 2.77. The van der Waals surface area contributed by atoms with E-state index >= 15 is 0 Å². The molecule has 0 aliphatic carbocycles. The molecule has 0 saturated heterocycles. The molecule has 1 aromatic carbocycles. The van der Waals surface area contributed by atoms with E-state index in [0.717, 1.165) is 27.7 Å². The zero-order chi connectivity index (χ0) is 14.0. The molecule has 4 heteroatoms. The van der Waals surface area contributed by atoms with Gasteiger partial charge in [-0.3, -0.25) is 0 Å². The summed E-state index contributed by atoms with van der Waals surface area (Å²) >= 11 is 1.69. The topological polar surface area (TPSA) is 48.1 Å². The second kappa shape index (κ2) is 5.21. The second-order valence-electron chi connectivity index (χ2n) is 5.71. The normalized spacial score (nSPS) is 11.6. The first-order valence-corrected chi connectivity index (χ1v) is 7.18. The van der Waals surface area contributed by atoms with Gasteiger partial charge in [0.05, 0.1) is 10.7 Å². The lowest BCUT2D eigenvalue weighted by Crippen LogP contribution is -2.10. The Balaban J connectivity index is 2.04. The fourth-order valence-electron chi connectivity index (χ4n) is 1.70. The predicted octanol–water partition coefficient (Wildman–Crippen LogP) is 3.91. The van der Waals surface area contributed by atoms with Crippen molar-refractivity contribution in [2.24, 2.45) is 0 Å². The minimum absolute atomic E-state index is 0.0973. The van der Waals surface area contributed by atoms with Crippen molar-refractivity contribution in [3.63, 3.8) is 0 Å². The van der Waals surface area contributed by atoms with E-state index < -0.39 is 0 Å². The first-order chi connectivity index (χ1) is 8.86. The van der Waals surface area contributed by atoms with Crippen molar-refractivity contribution in [2.45, 2.75) is 39.7 Å². The maximum Gasteiger partial charge on any atom is 0.131 e. The molecule has 2 aromatic rings. The first-order valence-electron chi connectivity index (χ1n) is 6.30. The van der Waals surface area contributed by atoms with E-state index in [4.69, 9.17) is 10.5 Å².